The highest BCUT2D eigenvalue weighted by molar-refractivity contribution is 7.99. The first kappa shape index (κ1) is 16.2. The number of anilines is 1. The minimum Gasteiger partial charge on any atom is -0.384 e. The van der Waals surface area contributed by atoms with Crippen molar-refractivity contribution in [3.8, 4) is 0 Å². The predicted molar refractivity (Wildman–Crippen MR) is 97.6 cm³/mol. The fourth-order valence-corrected chi connectivity index (χ4v) is 3.31. The van der Waals surface area contributed by atoms with Crippen molar-refractivity contribution in [3.63, 3.8) is 0 Å². The molecule has 0 radical (unpaired) electrons. The fourth-order valence-electron chi connectivity index (χ4n) is 2.47. The van der Waals surface area contributed by atoms with E-state index < -0.39 is 0 Å². The van der Waals surface area contributed by atoms with Crippen molar-refractivity contribution < 1.29 is 0 Å². The number of fused-ring (bicyclic) bond motifs is 1. The molecule has 0 spiro atoms. The molecule has 0 atom stereocenters. The lowest BCUT2D eigenvalue weighted by atomic mass is 10.1. The van der Waals surface area contributed by atoms with Gasteiger partial charge in [-0.3, -0.25) is 0 Å². The van der Waals surface area contributed by atoms with E-state index in [9.17, 15) is 0 Å². The summed E-state index contributed by atoms with van der Waals surface area (Å²) in [6.07, 6.45) is 0. The Morgan fingerprint density at radius 1 is 0.952 bits per heavy atom. The van der Waals surface area contributed by atoms with Crippen molar-refractivity contribution in [1.29, 1.82) is 0 Å². The van der Waals surface area contributed by atoms with E-state index in [2.05, 4.69) is 66.5 Å². The Bertz CT molecular complexity index is 532. The second kappa shape index (κ2) is 8.96. The maximum atomic E-state index is 3.57. The van der Waals surface area contributed by atoms with Gasteiger partial charge in [0.25, 0.3) is 0 Å². The average Bonchev–Trinajstić information content (AvgIpc) is 2.54. The molecule has 3 heteroatoms. The first-order valence-electron chi connectivity index (χ1n) is 7.87. The van der Waals surface area contributed by atoms with E-state index in [1.54, 1.807) is 0 Å². The smallest absolute Gasteiger partial charge is 0.0420 e. The van der Waals surface area contributed by atoms with Gasteiger partial charge in [0.1, 0.15) is 0 Å². The quantitative estimate of drug-likeness (QED) is 0.694. The Morgan fingerprint density at radius 3 is 2.52 bits per heavy atom. The number of thioether (sulfide) groups is 1. The highest BCUT2D eigenvalue weighted by atomic mass is 32.2. The second-order valence-electron chi connectivity index (χ2n) is 5.09. The number of rotatable bonds is 9. The van der Waals surface area contributed by atoms with Crippen LogP contribution < -0.4 is 5.32 Å². The Morgan fingerprint density at radius 2 is 1.71 bits per heavy atom. The largest absolute Gasteiger partial charge is 0.384 e. The van der Waals surface area contributed by atoms with Gasteiger partial charge in [-0.1, -0.05) is 50.2 Å². The minimum absolute atomic E-state index is 1.02. The van der Waals surface area contributed by atoms with Crippen LogP contribution >= 0.6 is 11.8 Å². The van der Waals surface area contributed by atoms with Crippen LogP contribution in [0.1, 0.15) is 13.8 Å². The fraction of sp³-hybridized carbons (Fsp3) is 0.444. The van der Waals surface area contributed by atoms with Crippen molar-refractivity contribution in [2.75, 3.05) is 43.0 Å². The summed E-state index contributed by atoms with van der Waals surface area (Å²) in [4.78, 5) is 2.48. The van der Waals surface area contributed by atoms with Crippen LogP contribution in [0.5, 0.6) is 0 Å². The molecule has 2 aromatic rings. The molecule has 0 aliphatic heterocycles. The van der Waals surface area contributed by atoms with Crippen molar-refractivity contribution in [1.82, 2.24) is 4.90 Å². The summed E-state index contributed by atoms with van der Waals surface area (Å²) < 4.78 is 0. The summed E-state index contributed by atoms with van der Waals surface area (Å²) in [5, 5.41) is 6.18. The van der Waals surface area contributed by atoms with Crippen LogP contribution in [0.25, 0.3) is 10.8 Å². The van der Waals surface area contributed by atoms with E-state index >= 15 is 0 Å². The molecule has 2 aromatic carbocycles. The number of hydrogen-bond donors (Lipinski definition) is 1. The molecule has 0 aliphatic carbocycles. The van der Waals surface area contributed by atoms with E-state index in [1.807, 2.05) is 11.8 Å². The van der Waals surface area contributed by atoms with Gasteiger partial charge in [-0.25, -0.2) is 0 Å². The van der Waals surface area contributed by atoms with Crippen LogP contribution in [-0.4, -0.2) is 42.6 Å². The van der Waals surface area contributed by atoms with Crippen LogP contribution in [0, 0.1) is 0 Å². The lowest BCUT2D eigenvalue weighted by Gasteiger charge is -2.17. The van der Waals surface area contributed by atoms with Gasteiger partial charge in [0.15, 0.2) is 0 Å². The summed E-state index contributed by atoms with van der Waals surface area (Å²) in [5.74, 6) is 2.38. The number of nitrogens with one attached hydrogen (secondary N) is 1. The third-order valence-corrected chi connectivity index (χ3v) is 4.76. The molecule has 21 heavy (non-hydrogen) atoms. The zero-order valence-electron chi connectivity index (χ0n) is 13.1. The lowest BCUT2D eigenvalue weighted by molar-refractivity contribution is 0.324. The average molecular weight is 302 g/mol. The molecule has 1 N–H and O–H groups in total. The van der Waals surface area contributed by atoms with Crippen molar-refractivity contribution >= 4 is 28.2 Å². The third-order valence-electron chi connectivity index (χ3n) is 3.80. The Hall–Kier alpha value is -1.19. The molecule has 0 bridgehead atoms. The molecule has 2 nitrogen and oxygen atoms in total. The van der Waals surface area contributed by atoms with Gasteiger partial charge in [0.2, 0.25) is 0 Å². The second-order valence-corrected chi connectivity index (χ2v) is 6.32. The van der Waals surface area contributed by atoms with Gasteiger partial charge in [-0.2, -0.15) is 11.8 Å². The molecule has 0 heterocycles. The third kappa shape index (κ3) is 4.94. The molecule has 0 unspecified atom stereocenters. The van der Waals surface area contributed by atoms with Gasteiger partial charge in [0, 0.05) is 35.7 Å². The molecule has 0 amide bonds. The van der Waals surface area contributed by atoms with Crippen LogP contribution in [0.3, 0.4) is 0 Å². The minimum atomic E-state index is 1.02. The van der Waals surface area contributed by atoms with Gasteiger partial charge < -0.3 is 10.2 Å². The molecule has 2 rings (SSSR count). The Labute approximate surface area is 132 Å². The van der Waals surface area contributed by atoms with E-state index in [4.69, 9.17) is 0 Å². The SMILES string of the molecule is CCN(CC)CCSCCNc1cccc2ccccc12. The monoisotopic (exact) mass is 302 g/mol. The summed E-state index contributed by atoms with van der Waals surface area (Å²) in [5.41, 5.74) is 1.25. The molecule has 0 saturated heterocycles. The molecule has 0 fully saturated rings. The van der Waals surface area contributed by atoms with Crippen molar-refractivity contribution in [3.05, 3.63) is 42.5 Å². The van der Waals surface area contributed by atoms with E-state index in [-0.39, 0.29) is 0 Å². The topological polar surface area (TPSA) is 15.3 Å². The number of nitrogens with zero attached hydrogens (tertiary/aromatic N) is 1. The van der Waals surface area contributed by atoms with Gasteiger partial charge in [0.05, 0.1) is 0 Å². The van der Waals surface area contributed by atoms with Crippen molar-refractivity contribution in [2.24, 2.45) is 0 Å². The number of hydrogen-bond acceptors (Lipinski definition) is 3. The maximum absolute atomic E-state index is 3.57. The summed E-state index contributed by atoms with van der Waals surface area (Å²) in [7, 11) is 0. The summed E-state index contributed by atoms with van der Waals surface area (Å²) in [6, 6.07) is 15.0. The van der Waals surface area contributed by atoms with Gasteiger partial charge in [-0.15, -0.1) is 0 Å². The van der Waals surface area contributed by atoms with E-state index in [0.29, 0.717) is 0 Å². The van der Waals surface area contributed by atoms with E-state index in [0.717, 1.165) is 25.4 Å². The first-order chi connectivity index (χ1) is 10.3. The normalized spacial score (nSPS) is 11.2. The zero-order chi connectivity index (χ0) is 14.9. The Balaban J connectivity index is 1.73. The highest BCUT2D eigenvalue weighted by Crippen LogP contribution is 2.22. The zero-order valence-corrected chi connectivity index (χ0v) is 14.0. The van der Waals surface area contributed by atoms with Gasteiger partial charge in [-0.05, 0) is 24.5 Å². The van der Waals surface area contributed by atoms with Crippen LogP contribution in [0.15, 0.2) is 42.5 Å². The van der Waals surface area contributed by atoms with Crippen molar-refractivity contribution in [2.45, 2.75) is 13.8 Å². The first-order valence-corrected chi connectivity index (χ1v) is 9.02. The van der Waals surface area contributed by atoms with E-state index in [1.165, 1.54) is 28.8 Å². The maximum Gasteiger partial charge on any atom is 0.0420 e. The molecule has 114 valence electrons. The Kier molecular flexibility index (Phi) is 6.90. The molecular weight excluding hydrogens is 276 g/mol. The number of benzene rings is 2. The van der Waals surface area contributed by atoms with Crippen LogP contribution in [0.4, 0.5) is 5.69 Å². The summed E-state index contributed by atoms with van der Waals surface area (Å²) in [6.45, 7) is 9.01. The molecule has 0 aromatic heterocycles. The standard InChI is InChI=1S/C18H26N2S/c1-3-20(4-2)13-15-21-14-12-19-18-11-7-9-16-8-5-6-10-17(16)18/h5-11,19H,3-4,12-15H2,1-2H3. The molecule has 0 saturated carbocycles. The van der Waals surface area contributed by atoms with Crippen LogP contribution in [-0.2, 0) is 0 Å². The van der Waals surface area contributed by atoms with Gasteiger partial charge >= 0.3 is 0 Å². The molecule has 0 aliphatic rings. The summed E-state index contributed by atoms with van der Waals surface area (Å²) >= 11 is 2.03. The lowest BCUT2D eigenvalue weighted by Crippen LogP contribution is -2.25. The predicted octanol–water partition coefficient (Wildman–Crippen LogP) is 4.33. The molecular formula is C18H26N2S. The highest BCUT2D eigenvalue weighted by Gasteiger charge is 2.00. The van der Waals surface area contributed by atoms with Crippen LogP contribution in [0.2, 0.25) is 0 Å².